The van der Waals surface area contributed by atoms with Gasteiger partial charge in [-0.1, -0.05) is 32.0 Å². The Morgan fingerprint density at radius 2 is 1.63 bits per heavy atom. The van der Waals surface area contributed by atoms with Crippen LogP contribution in [0.4, 0.5) is 5.69 Å². The first-order valence-corrected chi connectivity index (χ1v) is 10.3. The van der Waals surface area contributed by atoms with Gasteiger partial charge in [-0.05, 0) is 36.2 Å². The number of phenols is 1. The minimum absolute atomic E-state index is 0.144. The number of aromatic nitrogens is 2. The SMILES string of the molecule is CC(C)Cn1nc(C(=O)N2CCN(c3ccc(O)cc3)CC2)c2ccccc2c1=O. The number of carbonyl (C=O) groups excluding carboxylic acids is 1. The Kier molecular flexibility index (Phi) is 5.44. The van der Waals surface area contributed by atoms with Gasteiger partial charge in [0.2, 0.25) is 0 Å². The number of fused-ring (bicyclic) bond motifs is 1. The number of piperazine rings is 1. The second-order valence-corrected chi connectivity index (χ2v) is 8.07. The van der Waals surface area contributed by atoms with Crippen molar-refractivity contribution >= 4 is 22.4 Å². The molecule has 0 radical (unpaired) electrons. The van der Waals surface area contributed by atoms with Crippen LogP contribution in [0.15, 0.2) is 53.3 Å². The van der Waals surface area contributed by atoms with Crippen LogP contribution in [0.25, 0.3) is 10.8 Å². The molecule has 1 aromatic heterocycles. The molecular formula is C23H26N4O3. The van der Waals surface area contributed by atoms with E-state index in [9.17, 15) is 14.7 Å². The fourth-order valence-corrected chi connectivity index (χ4v) is 3.84. The lowest BCUT2D eigenvalue weighted by molar-refractivity contribution is 0.0740. The van der Waals surface area contributed by atoms with Crippen LogP contribution in [-0.4, -0.2) is 51.9 Å². The van der Waals surface area contributed by atoms with Gasteiger partial charge in [-0.2, -0.15) is 5.10 Å². The van der Waals surface area contributed by atoms with Crippen molar-refractivity contribution in [2.45, 2.75) is 20.4 Å². The monoisotopic (exact) mass is 406 g/mol. The molecule has 0 aliphatic carbocycles. The van der Waals surface area contributed by atoms with Gasteiger partial charge in [0.05, 0.1) is 5.39 Å². The second-order valence-electron chi connectivity index (χ2n) is 8.07. The van der Waals surface area contributed by atoms with E-state index in [2.05, 4.69) is 10.00 Å². The Hall–Kier alpha value is -3.35. The number of amides is 1. The van der Waals surface area contributed by atoms with Gasteiger partial charge in [0.25, 0.3) is 11.5 Å². The molecule has 156 valence electrons. The van der Waals surface area contributed by atoms with Crippen molar-refractivity contribution < 1.29 is 9.90 Å². The Morgan fingerprint density at radius 1 is 1.00 bits per heavy atom. The summed E-state index contributed by atoms with van der Waals surface area (Å²) >= 11 is 0. The molecule has 4 rings (SSSR count). The average Bonchev–Trinajstić information content (AvgIpc) is 2.76. The zero-order valence-corrected chi connectivity index (χ0v) is 17.3. The summed E-state index contributed by atoms with van der Waals surface area (Å²) in [4.78, 5) is 30.1. The van der Waals surface area contributed by atoms with Crippen molar-refractivity contribution in [3.05, 3.63) is 64.6 Å². The van der Waals surface area contributed by atoms with E-state index in [1.165, 1.54) is 4.68 Å². The van der Waals surface area contributed by atoms with Crippen molar-refractivity contribution in [2.75, 3.05) is 31.1 Å². The van der Waals surface area contributed by atoms with Gasteiger partial charge >= 0.3 is 0 Å². The third-order valence-electron chi connectivity index (χ3n) is 5.39. The topological polar surface area (TPSA) is 78.7 Å². The van der Waals surface area contributed by atoms with Crippen LogP contribution < -0.4 is 10.5 Å². The maximum Gasteiger partial charge on any atom is 0.275 e. The molecule has 1 saturated heterocycles. The van der Waals surface area contributed by atoms with E-state index < -0.39 is 0 Å². The van der Waals surface area contributed by atoms with Crippen molar-refractivity contribution in [1.82, 2.24) is 14.7 Å². The van der Waals surface area contributed by atoms with E-state index in [1.54, 1.807) is 29.2 Å². The number of rotatable bonds is 4. The number of hydrogen-bond acceptors (Lipinski definition) is 5. The Morgan fingerprint density at radius 3 is 2.27 bits per heavy atom. The standard InChI is InChI=1S/C23H26N4O3/c1-16(2)15-27-22(29)20-6-4-3-5-19(20)21(24-27)23(30)26-13-11-25(12-14-26)17-7-9-18(28)10-8-17/h3-10,16,28H,11-15H2,1-2H3. The maximum atomic E-state index is 13.3. The zero-order chi connectivity index (χ0) is 21.3. The molecule has 0 bridgehead atoms. The van der Waals surface area contributed by atoms with Gasteiger partial charge in [0.15, 0.2) is 5.69 Å². The van der Waals surface area contributed by atoms with E-state index in [0.29, 0.717) is 49.2 Å². The second kappa shape index (κ2) is 8.18. The number of nitrogens with zero attached hydrogens (tertiary/aromatic N) is 4. The van der Waals surface area contributed by atoms with E-state index in [0.717, 1.165) is 5.69 Å². The summed E-state index contributed by atoms with van der Waals surface area (Å²) in [5.74, 6) is 0.337. The van der Waals surface area contributed by atoms with Crippen LogP contribution >= 0.6 is 0 Å². The molecule has 2 heterocycles. The molecule has 7 nitrogen and oxygen atoms in total. The summed E-state index contributed by atoms with van der Waals surface area (Å²) in [7, 11) is 0. The fraction of sp³-hybridized carbons (Fsp3) is 0.348. The molecule has 0 unspecified atom stereocenters. The predicted octanol–water partition coefficient (Wildman–Crippen LogP) is 2.72. The molecule has 7 heteroatoms. The minimum Gasteiger partial charge on any atom is -0.508 e. The highest BCUT2D eigenvalue weighted by atomic mass is 16.3. The van der Waals surface area contributed by atoms with Crippen molar-refractivity contribution in [1.29, 1.82) is 0 Å². The normalized spacial score (nSPS) is 14.5. The largest absolute Gasteiger partial charge is 0.508 e. The van der Waals surface area contributed by atoms with Gasteiger partial charge in [0.1, 0.15) is 5.75 Å². The van der Waals surface area contributed by atoms with Crippen molar-refractivity contribution in [2.24, 2.45) is 5.92 Å². The molecule has 1 aliphatic rings. The number of hydrogen-bond donors (Lipinski definition) is 1. The van der Waals surface area contributed by atoms with Gasteiger partial charge in [-0.3, -0.25) is 9.59 Å². The van der Waals surface area contributed by atoms with Crippen LogP contribution in [0.3, 0.4) is 0 Å². The summed E-state index contributed by atoms with van der Waals surface area (Å²) in [5.41, 5.74) is 1.20. The summed E-state index contributed by atoms with van der Waals surface area (Å²) in [5, 5.41) is 15.1. The first-order valence-electron chi connectivity index (χ1n) is 10.3. The molecule has 0 saturated carbocycles. The quantitative estimate of drug-likeness (QED) is 0.721. The van der Waals surface area contributed by atoms with Crippen LogP contribution in [0.2, 0.25) is 0 Å². The average molecular weight is 406 g/mol. The third kappa shape index (κ3) is 3.87. The number of aromatic hydroxyl groups is 1. The number of carbonyl (C=O) groups is 1. The molecule has 30 heavy (non-hydrogen) atoms. The lowest BCUT2D eigenvalue weighted by Gasteiger charge is -2.36. The Bertz CT molecular complexity index is 1110. The molecule has 2 aromatic carbocycles. The van der Waals surface area contributed by atoms with E-state index in [4.69, 9.17) is 0 Å². The highest BCUT2D eigenvalue weighted by molar-refractivity contribution is 6.04. The molecule has 0 atom stereocenters. The van der Waals surface area contributed by atoms with Crippen LogP contribution in [0.1, 0.15) is 24.3 Å². The van der Waals surface area contributed by atoms with Gasteiger partial charge in [-0.25, -0.2) is 4.68 Å². The highest BCUT2D eigenvalue weighted by Crippen LogP contribution is 2.21. The molecule has 1 aliphatic heterocycles. The third-order valence-corrected chi connectivity index (χ3v) is 5.39. The van der Waals surface area contributed by atoms with Crippen molar-refractivity contribution in [3.8, 4) is 5.75 Å². The lowest BCUT2D eigenvalue weighted by atomic mass is 10.1. The molecule has 1 fully saturated rings. The molecule has 0 spiro atoms. The first-order chi connectivity index (χ1) is 14.4. The molecule has 1 amide bonds. The zero-order valence-electron chi connectivity index (χ0n) is 17.3. The number of phenolic OH excluding ortho intramolecular Hbond substituents is 1. The van der Waals surface area contributed by atoms with E-state index >= 15 is 0 Å². The Balaban J connectivity index is 1.60. The molecule has 1 N–H and O–H groups in total. The molecular weight excluding hydrogens is 380 g/mol. The van der Waals surface area contributed by atoms with Crippen LogP contribution in [0.5, 0.6) is 5.75 Å². The highest BCUT2D eigenvalue weighted by Gasteiger charge is 2.26. The number of benzene rings is 2. The van der Waals surface area contributed by atoms with Crippen LogP contribution in [0, 0.1) is 5.92 Å². The van der Waals surface area contributed by atoms with Crippen molar-refractivity contribution in [3.63, 3.8) is 0 Å². The van der Waals surface area contributed by atoms with Gasteiger partial charge < -0.3 is 14.9 Å². The number of anilines is 1. The van der Waals surface area contributed by atoms with Gasteiger partial charge in [-0.15, -0.1) is 0 Å². The summed E-state index contributed by atoms with van der Waals surface area (Å²) in [6, 6.07) is 14.3. The summed E-state index contributed by atoms with van der Waals surface area (Å²) in [6.07, 6.45) is 0. The summed E-state index contributed by atoms with van der Waals surface area (Å²) < 4.78 is 1.42. The van der Waals surface area contributed by atoms with E-state index in [-0.39, 0.29) is 23.1 Å². The van der Waals surface area contributed by atoms with Crippen LogP contribution in [-0.2, 0) is 6.54 Å². The predicted molar refractivity (Wildman–Crippen MR) is 117 cm³/mol. The van der Waals surface area contributed by atoms with Gasteiger partial charge in [0, 0.05) is 43.8 Å². The minimum atomic E-state index is -0.159. The lowest BCUT2D eigenvalue weighted by Crippen LogP contribution is -2.49. The van der Waals surface area contributed by atoms with E-state index in [1.807, 2.05) is 38.1 Å². The molecule has 3 aromatic rings. The fourth-order valence-electron chi connectivity index (χ4n) is 3.84. The smallest absolute Gasteiger partial charge is 0.275 e. The Labute approximate surface area is 175 Å². The first kappa shape index (κ1) is 19.9. The summed E-state index contributed by atoms with van der Waals surface area (Å²) in [6.45, 7) is 7.04. The maximum absolute atomic E-state index is 13.3.